The molecule has 0 spiro atoms. The molecule has 8 heteroatoms. The van der Waals surface area contributed by atoms with Gasteiger partial charge in [0.15, 0.2) is 6.10 Å². The van der Waals surface area contributed by atoms with E-state index in [2.05, 4.69) is 5.32 Å². The summed E-state index contributed by atoms with van der Waals surface area (Å²) in [4.78, 5) is 35.8. The maximum Gasteiger partial charge on any atom is 0.340 e. The molecule has 136 valence electrons. The first-order valence-electron chi connectivity index (χ1n) is 7.63. The van der Waals surface area contributed by atoms with Crippen LogP contribution >= 0.6 is 0 Å². The smallest absolute Gasteiger partial charge is 0.340 e. The van der Waals surface area contributed by atoms with Crippen molar-refractivity contribution in [3.05, 3.63) is 59.7 Å². The van der Waals surface area contributed by atoms with Crippen LogP contribution in [0.4, 0.5) is 5.69 Å². The van der Waals surface area contributed by atoms with Crippen molar-refractivity contribution in [1.82, 2.24) is 0 Å². The van der Waals surface area contributed by atoms with Crippen LogP contribution in [-0.4, -0.2) is 34.4 Å². The van der Waals surface area contributed by atoms with Gasteiger partial charge in [-0.15, -0.1) is 0 Å². The lowest BCUT2D eigenvalue weighted by molar-refractivity contribution is -0.123. The van der Waals surface area contributed by atoms with E-state index < -0.39 is 34.7 Å². The number of carbonyl (C=O) groups excluding carboxylic acids is 3. The highest BCUT2D eigenvalue weighted by atomic mass is 32.2. The number of ether oxygens (including phenoxy) is 1. The van der Waals surface area contributed by atoms with E-state index in [-0.39, 0.29) is 5.56 Å². The van der Waals surface area contributed by atoms with Gasteiger partial charge in [0.25, 0.3) is 5.91 Å². The number of rotatable bonds is 6. The van der Waals surface area contributed by atoms with E-state index in [1.165, 1.54) is 43.5 Å². The molecular formula is C18H18N2O5S. The Morgan fingerprint density at radius 1 is 1.08 bits per heavy atom. The summed E-state index contributed by atoms with van der Waals surface area (Å²) < 4.78 is 16.9. The fourth-order valence-electron chi connectivity index (χ4n) is 2.13. The molecule has 0 unspecified atom stereocenters. The summed E-state index contributed by atoms with van der Waals surface area (Å²) in [7, 11) is -1.36. The van der Waals surface area contributed by atoms with Gasteiger partial charge >= 0.3 is 5.97 Å². The molecule has 0 aliphatic carbocycles. The quantitative estimate of drug-likeness (QED) is 0.747. The van der Waals surface area contributed by atoms with Crippen LogP contribution in [0.1, 0.15) is 27.6 Å². The standard InChI is InChI=1S/C18H18N2O5S/c1-11(17(22)20-13-9-7-12(8-10-13)16(19)21)25-18(23)14-5-3-4-6-15(14)26(2)24/h3-11H,1-2H3,(H2,19,21)(H,20,22)/t11-,26-/m1/s1. The van der Waals surface area contributed by atoms with Crippen LogP contribution in [0.25, 0.3) is 0 Å². The second-order valence-corrected chi connectivity index (χ2v) is 6.78. The summed E-state index contributed by atoms with van der Waals surface area (Å²) in [5.41, 5.74) is 6.04. The Balaban J connectivity index is 2.04. The third-order valence-corrected chi connectivity index (χ3v) is 4.48. The van der Waals surface area contributed by atoms with Crippen molar-refractivity contribution in [1.29, 1.82) is 0 Å². The Morgan fingerprint density at radius 2 is 1.69 bits per heavy atom. The van der Waals surface area contributed by atoms with Crippen LogP contribution in [-0.2, 0) is 20.3 Å². The largest absolute Gasteiger partial charge is 0.449 e. The van der Waals surface area contributed by atoms with Gasteiger partial charge in [-0.25, -0.2) is 4.79 Å². The topological polar surface area (TPSA) is 116 Å². The van der Waals surface area contributed by atoms with E-state index in [0.29, 0.717) is 16.1 Å². The molecule has 0 aromatic heterocycles. The van der Waals surface area contributed by atoms with Gasteiger partial charge in [0, 0.05) is 17.5 Å². The molecule has 0 aliphatic heterocycles. The molecule has 0 fully saturated rings. The first-order chi connectivity index (χ1) is 12.3. The summed E-state index contributed by atoms with van der Waals surface area (Å²) in [5.74, 6) is -1.85. The zero-order valence-electron chi connectivity index (χ0n) is 14.2. The molecule has 0 heterocycles. The third kappa shape index (κ3) is 4.76. The molecule has 0 saturated carbocycles. The zero-order valence-corrected chi connectivity index (χ0v) is 15.0. The lowest BCUT2D eigenvalue weighted by atomic mass is 10.2. The van der Waals surface area contributed by atoms with E-state index in [1.54, 1.807) is 18.2 Å². The molecular weight excluding hydrogens is 356 g/mol. The highest BCUT2D eigenvalue weighted by Gasteiger charge is 2.21. The van der Waals surface area contributed by atoms with Gasteiger partial charge in [-0.3, -0.25) is 13.8 Å². The molecule has 0 saturated heterocycles. The number of esters is 1. The minimum atomic E-state index is -1.36. The van der Waals surface area contributed by atoms with Crippen LogP contribution < -0.4 is 11.1 Å². The number of carbonyl (C=O) groups is 3. The Morgan fingerprint density at radius 3 is 2.27 bits per heavy atom. The summed E-state index contributed by atoms with van der Waals surface area (Å²) >= 11 is 0. The minimum Gasteiger partial charge on any atom is -0.449 e. The molecule has 2 aromatic rings. The van der Waals surface area contributed by atoms with E-state index in [9.17, 15) is 18.6 Å². The molecule has 2 rings (SSSR count). The summed E-state index contributed by atoms with van der Waals surface area (Å²) in [6, 6.07) is 12.3. The molecule has 2 atom stereocenters. The predicted octanol–water partition coefficient (Wildman–Crippen LogP) is 1.71. The molecule has 0 bridgehead atoms. The van der Waals surface area contributed by atoms with Gasteiger partial charge in [0.1, 0.15) is 0 Å². The van der Waals surface area contributed by atoms with Crippen LogP contribution in [0.15, 0.2) is 53.4 Å². The maximum atomic E-state index is 12.3. The minimum absolute atomic E-state index is 0.152. The number of primary amides is 1. The van der Waals surface area contributed by atoms with Crippen molar-refractivity contribution < 1.29 is 23.3 Å². The Labute approximate surface area is 153 Å². The number of benzene rings is 2. The maximum absolute atomic E-state index is 12.3. The monoisotopic (exact) mass is 374 g/mol. The lowest BCUT2D eigenvalue weighted by Crippen LogP contribution is -2.30. The normalized spacial score (nSPS) is 12.7. The van der Waals surface area contributed by atoms with Gasteiger partial charge < -0.3 is 15.8 Å². The van der Waals surface area contributed by atoms with E-state index in [1.807, 2.05) is 0 Å². The first kappa shape index (κ1) is 19.3. The fraction of sp³-hybridized carbons (Fsp3) is 0.167. The first-order valence-corrected chi connectivity index (χ1v) is 9.19. The summed E-state index contributed by atoms with van der Waals surface area (Å²) in [6.45, 7) is 1.43. The Hall–Kier alpha value is -3.00. The lowest BCUT2D eigenvalue weighted by Gasteiger charge is -2.14. The number of amides is 2. The SMILES string of the molecule is C[C@@H](OC(=O)c1ccccc1[S@@](C)=O)C(=O)Nc1ccc(C(N)=O)cc1. The van der Waals surface area contributed by atoms with Gasteiger partial charge in [0.2, 0.25) is 5.91 Å². The van der Waals surface area contributed by atoms with E-state index >= 15 is 0 Å². The summed E-state index contributed by atoms with van der Waals surface area (Å²) in [6.07, 6.45) is 0.384. The van der Waals surface area contributed by atoms with Crippen molar-refractivity contribution in [2.24, 2.45) is 5.73 Å². The zero-order chi connectivity index (χ0) is 19.3. The van der Waals surface area contributed by atoms with Gasteiger partial charge in [-0.2, -0.15) is 0 Å². The van der Waals surface area contributed by atoms with Gasteiger partial charge in [0.05, 0.1) is 21.3 Å². The van der Waals surface area contributed by atoms with Crippen LogP contribution in [0.3, 0.4) is 0 Å². The van der Waals surface area contributed by atoms with Crippen LogP contribution in [0.5, 0.6) is 0 Å². The Bertz CT molecular complexity index is 864. The number of hydrogen-bond acceptors (Lipinski definition) is 5. The second-order valence-electron chi connectivity index (χ2n) is 5.43. The number of nitrogens with two attached hydrogens (primary N) is 1. The molecule has 7 nitrogen and oxygen atoms in total. The average molecular weight is 374 g/mol. The van der Waals surface area contributed by atoms with Crippen LogP contribution in [0, 0.1) is 0 Å². The van der Waals surface area contributed by atoms with Crippen molar-refractivity contribution in [2.75, 3.05) is 11.6 Å². The molecule has 2 amide bonds. The van der Waals surface area contributed by atoms with Gasteiger partial charge in [-0.05, 0) is 43.3 Å². The highest BCUT2D eigenvalue weighted by molar-refractivity contribution is 7.84. The molecule has 0 aliphatic rings. The van der Waals surface area contributed by atoms with Crippen molar-refractivity contribution in [2.45, 2.75) is 17.9 Å². The number of hydrogen-bond donors (Lipinski definition) is 2. The predicted molar refractivity (Wildman–Crippen MR) is 97.2 cm³/mol. The highest BCUT2D eigenvalue weighted by Crippen LogP contribution is 2.15. The third-order valence-electron chi connectivity index (χ3n) is 3.51. The van der Waals surface area contributed by atoms with E-state index in [0.717, 1.165) is 0 Å². The van der Waals surface area contributed by atoms with Crippen molar-refractivity contribution in [3.63, 3.8) is 0 Å². The van der Waals surface area contributed by atoms with Crippen molar-refractivity contribution in [3.8, 4) is 0 Å². The fourth-order valence-corrected chi connectivity index (χ4v) is 2.86. The average Bonchev–Trinajstić information content (AvgIpc) is 2.61. The Kier molecular flexibility index (Phi) is 6.24. The molecule has 3 N–H and O–H groups in total. The molecule has 26 heavy (non-hydrogen) atoms. The number of nitrogens with one attached hydrogen (secondary N) is 1. The molecule has 0 radical (unpaired) electrons. The summed E-state index contributed by atoms with van der Waals surface area (Å²) in [5, 5.41) is 2.57. The van der Waals surface area contributed by atoms with Crippen LogP contribution in [0.2, 0.25) is 0 Å². The van der Waals surface area contributed by atoms with E-state index in [4.69, 9.17) is 10.5 Å². The molecule has 2 aromatic carbocycles. The van der Waals surface area contributed by atoms with Gasteiger partial charge in [-0.1, -0.05) is 12.1 Å². The second kappa shape index (κ2) is 8.39. The number of anilines is 1. The van der Waals surface area contributed by atoms with Crippen molar-refractivity contribution >= 4 is 34.3 Å².